The number of nitriles is 1. The summed E-state index contributed by atoms with van der Waals surface area (Å²) in [6, 6.07) is 12.6. The van der Waals surface area contributed by atoms with E-state index in [1.54, 1.807) is 24.3 Å². The summed E-state index contributed by atoms with van der Waals surface area (Å²) in [5.41, 5.74) is 1.39. The number of hydrogen-bond acceptors (Lipinski definition) is 7. The fourth-order valence-electron chi connectivity index (χ4n) is 3.55. The molecule has 3 heterocycles. The first-order valence-corrected chi connectivity index (χ1v) is 9.87. The topological polar surface area (TPSA) is 126 Å². The van der Waals surface area contributed by atoms with Crippen LogP contribution < -0.4 is 19.9 Å². The lowest BCUT2D eigenvalue weighted by molar-refractivity contribution is -0.286. The summed E-state index contributed by atoms with van der Waals surface area (Å²) in [4.78, 5) is 33.9. The maximum atomic E-state index is 13.3. The number of carbonyl (C=O) groups excluding carboxylic acids is 1. The van der Waals surface area contributed by atoms with E-state index in [0.717, 1.165) is 4.68 Å². The van der Waals surface area contributed by atoms with Crippen molar-refractivity contribution in [3.05, 3.63) is 64.7 Å². The summed E-state index contributed by atoms with van der Waals surface area (Å²) in [7, 11) is 1.42. The predicted molar refractivity (Wildman–Crippen MR) is 114 cm³/mol. The summed E-state index contributed by atoms with van der Waals surface area (Å²) in [5, 5.41) is 13.5. The number of nitrogens with one attached hydrogen (secondary N) is 1. The first kappa shape index (κ1) is 21.1. The van der Waals surface area contributed by atoms with Crippen LogP contribution in [0.25, 0.3) is 22.3 Å². The Morgan fingerprint density at radius 3 is 2.82 bits per heavy atom. The number of anilines is 1. The molecule has 1 aliphatic heterocycles. The van der Waals surface area contributed by atoms with Gasteiger partial charge in [-0.2, -0.15) is 10.4 Å². The number of benzene rings is 2. The highest BCUT2D eigenvalue weighted by molar-refractivity contribution is 5.93. The van der Waals surface area contributed by atoms with Crippen LogP contribution >= 0.6 is 0 Å². The van der Waals surface area contributed by atoms with E-state index < -0.39 is 24.3 Å². The molecule has 0 bridgehead atoms. The van der Waals surface area contributed by atoms with Crippen molar-refractivity contribution in [1.82, 2.24) is 19.7 Å². The second kappa shape index (κ2) is 7.66. The molecular weight excluding hydrogens is 450 g/mol. The molecule has 1 N–H and O–H groups in total. The van der Waals surface area contributed by atoms with Gasteiger partial charge in [0.2, 0.25) is 5.91 Å². The number of fused-ring (bicyclic) bond motifs is 2. The van der Waals surface area contributed by atoms with Crippen molar-refractivity contribution >= 4 is 22.6 Å². The van der Waals surface area contributed by atoms with Crippen LogP contribution in [0.4, 0.5) is 14.5 Å². The Balaban J connectivity index is 1.48. The van der Waals surface area contributed by atoms with Crippen molar-refractivity contribution in [3.63, 3.8) is 0 Å². The molecule has 34 heavy (non-hydrogen) atoms. The molecule has 1 amide bonds. The Labute approximate surface area is 189 Å². The molecule has 10 nitrogen and oxygen atoms in total. The van der Waals surface area contributed by atoms with E-state index in [9.17, 15) is 23.6 Å². The molecule has 0 unspecified atom stereocenters. The van der Waals surface area contributed by atoms with E-state index in [1.165, 1.54) is 36.5 Å². The molecule has 2 aromatic carbocycles. The molecule has 0 aliphatic carbocycles. The minimum Gasteiger partial charge on any atom is -0.395 e. The number of aromatic nitrogens is 4. The molecule has 5 rings (SSSR count). The molecule has 170 valence electrons. The van der Waals surface area contributed by atoms with Gasteiger partial charge < -0.3 is 19.4 Å². The van der Waals surface area contributed by atoms with Gasteiger partial charge in [0.25, 0.3) is 5.56 Å². The lowest BCUT2D eigenvalue weighted by atomic mass is 10.1. The largest absolute Gasteiger partial charge is 0.586 e. The Morgan fingerprint density at radius 1 is 1.24 bits per heavy atom. The quantitative estimate of drug-likeness (QED) is 0.492. The van der Waals surface area contributed by atoms with Crippen LogP contribution in [0.15, 0.2) is 53.6 Å². The first-order valence-electron chi connectivity index (χ1n) is 9.87. The van der Waals surface area contributed by atoms with E-state index >= 15 is 0 Å². The van der Waals surface area contributed by atoms with Crippen molar-refractivity contribution in [3.8, 4) is 28.8 Å². The maximum absolute atomic E-state index is 13.3. The van der Waals surface area contributed by atoms with Crippen LogP contribution in [-0.2, 0) is 11.3 Å². The van der Waals surface area contributed by atoms with Crippen LogP contribution in [0.1, 0.15) is 5.56 Å². The number of hydrogen-bond donors (Lipinski definition) is 1. The molecule has 1 aliphatic rings. The molecule has 0 fully saturated rings. The number of rotatable bonds is 4. The number of alkyl halides is 2. The standard InChI is InChI=1S/C22H14F2N6O4/c1-29(14-5-6-15-16(8-14)34-22(23,24)33-15)17(31)10-30-21(32)20-19(26-11-27-20)18(28-30)13-4-2-3-12(7-13)9-25/h2-8,11H,10H2,1H3,(H,26,27). The van der Waals surface area contributed by atoms with Crippen molar-refractivity contribution in [2.24, 2.45) is 0 Å². The third-order valence-corrected chi connectivity index (χ3v) is 5.23. The van der Waals surface area contributed by atoms with Crippen molar-refractivity contribution < 1.29 is 23.0 Å². The molecule has 0 spiro atoms. The van der Waals surface area contributed by atoms with Crippen LogP contribution in [-0.4, -0.2) is 39.0 Å². The lowest BCUT2D eigenvalue weighted by Gasteiger charge is -2.18. The molecular formula is C22H14F2N6O4. The van der Waals surface area contributed by atoms with Crippen molar-refractivity contribution in [2.45, 2.75) is 12.8 Å². The number of halogens is 2. The van der Waals surface area contributed by atoms with Gasteiger partial charge in [-0.15, -0.1) is 8.78 Å². The highest BCUT2D eigenvalue weighted by Crippen LogP contribution is 2.42. The van der Waals surface area contributed by atoms with E-state index in [1.807, 2.05) is 6.07 Å². The summed E-state index contributed by atoms with van der Waals surface area (Å²) >= 11 is 0. The summed E-state index contributed by atoms with van der Waals surface area (Å²) < 4.78 is 36.3. The summed E-state index contributed by atoms with van der Waals surface area (Å²) in [6.45, 7) is -0.451. The SMILES string of the molecule is CN(C(=O)Cn1nc(-c2cccc(C#N)c2)c2[nH]cnc2c1=O)c1ccc2c(c1)OC(F)(F)O2. The summed E-state index contributed by atoms with van der Waals surface area (Å²) in [6.07, 6.45) is -2.44. The zero-order valence-electron chi connectivity index (χ0n) is 17.5. The molecule has 2 aromatic heterocycles. The molecule has 0 atom stereocenters. The van der Waals surface area contributed by atoms with Crippen molar-refractivity contribution in [2.75, 3.05) is 11.9 Å². The smallest absolute Gasteiger partial charge is 0.395 e. The third-order valence-electron chi connectivity index (χ3n) is 5.23. The molecule has 0 saturated heterocycles. The lowest BCUT2D eigenvalue weighted by Crippen LogP contribution is -2.35. The monoisotopic (exact) mass is 464 g/mol. The van der Waals surface area contributed by atoms with Crippen molar-refractivity contribution in [1.29, 1.82) is 5.26 Å². The van der Waals surface area contributed by atoms with E-state index in [-0.39, 0.29) is 22.7 Å². The number of amides is 1. The van der Waals surface area contributed by atoms with E-state index in [0.29, 0.717) is 22.3 Å². The zero-order valence-corrected chi connectivity index (χ0v) is 17.5. The number of carbonyl (C=O) groups is 1. The first-order chi connectivity index (χ1) is 16.3. The Hall–Kier alpha value is -4.79. The Bertz CT molecular complexity index is 1560. The van der Waals surface area contributed by atoms with E-state index in [4.69, 9.17) is 0 Å². The minimum absolute atomic E-state index is 0.0770. The molecule has 12 heteroatoms. The van der Waals surface area contributed by atoms with Crippen LogP contribution in [0, 0.1) is 11.3 Å². The second-order valence-electron chi connectivity index (χ2n) is 7.38. The predicted octanol–water partition coefficient (Wildman–Crippen LogP) is 2.64. The van der Waals surface area contributed by atoms with Gasteiger partial charge in [-0.25, -0.2) is 9.67 Å². The Kier molecular flexibility index (Phi) is 4.75. The van der Waals surface area contributed by atoms with Gasteiger partial charge in [0.15, 0.2) is 17.0 Å². The number of nitrogens with zero attached hydrogens (tertiary/aromatic N) is 5. The van der Waals surface area contributed by atoms with Crippen LogP contribution in [0.2, 0.25) is 0 Å². The van der Waals surface area contributed by atoms with Gasteiger partial charge in [0.05, 0.1) is 23.5 Å². The number of likely N-dealkylation sites (N-methyl/N-ethyl adjacent to an activating group) is 1. The third kappa shape index (κ3) is 3.58. The normalized spacial score (nSPS) is 13.6. The van der Waals surface area contributed by atoms with Crippen LogP contribution in [0.3, 0.4) is 0 Å². The average Bonchev–Trinajstić information content (AvgIpc) is 3.43. The number of imidazole rings is 1. The van der Waals surface area contributed by atoms with Gasteiger partial charge >= 0.3 is 6.29 Å². The summed E-state index contributed by atoms with van der Waals surface area (Å²) in [5.74, 6) is -0.914. The zero-order chi connectivity index (χ0) is 24.0. The molecule has 4 aromatic rings. The average molecular weight is 464 g/mol. The number of H-pyrrole nitrogens is 1. The minimum atomic E-state index is -3.78. The fraction of sp³-hybridized carbons (Fsp3) is 0.136. The van der Waals surface area contributed by atoms with Gasteiger partial charge in [-0.3, -0.25) is 9.59 Å². The maximum Gasteiger partial charge on any atom is 0.586 e. The van der Waals surface area contributed by atoms with E-state index in [2.05, 4.69) is 24.5 Å². The van der Waals surface area contributed by atoms with Crippen LogP contribution in [0.5, 0.6) is 11.5 Å². The highest BCUT2D eigenvalue weighted by Gasteiger charge is 2.43. The Morgan fingerprint density at radius 2 is 2.03 bits per heavy atom. The van der Waals surface area contributed by atoms with Gasteiger partial charge in [-0.05, 0) is 24.3 Å². The molecule has 0 saturated carbocycles. The van der Waals surface area contributed by atoms with Gasteiger partial charge in [-0.1, -0.05) is 12.1 Å². The number of ether oxygens (including phenoxy) is 2. The van der Waals surface area contributed by atoms with Gasteiger partial charge in [0, 0.05) is 24.4 Å². The number of aromatic amines is 1. The molecule has 0 radical (unpaired) electrons. The highest BCUT2D eigenvalue weighted by atomic mass is 19.3. The van der Waals surface area contributed by atoms with Gasteiger partial charge in [0.1, 0.15) is 12.2 Å². The second-order valence-corrected chi connectivity index (χ2v) is 7.38. The fourth-order valence-corrected chi connectivity index (χ4v) is 3.55.